The molecular weight excluding hydrogens is 207 g/mol. The van der Waals surface area contributed by atoms with E-state index < -0.39 is 5.92 Å². The normalized spacial score (nSPS) is 15.4. The molecule has 2 rings (SSSR count). The third-order valence-corrected chi connectivity index (χ3v) is 2.80. The number of hydrogen-bond acceptors (Lipinski definition) is 2. The number of anilines is 1. The highest BCUT2D eigenvalue weighted by Gasteiger charge is 2.29. The molecule has 0 spiro atoms. The Morgan fingerprint density at radius 2 is 2.38 bits per heavy atom. The predicted molar refractivity (Wildman–Crippen MR) is 57.2 cm³/mol. The van der Waals surface area contributed by atoms with Crippen molar-refractivity contribution in [2.45, 2.75) is 13.3 Å². The van der Waals surface area contributed by atoms with Crippen molar-refractivity contribution < 1.29 is 9.18 Å². The van der Waals surface area contributed by atoms with E-state index in [1.165, 1.54) is 11.0 Å². The van der Waals surface area contributed by atoms with E-state index in [0.717, 1.165) is 0 Å². The van der Waals surface area contributed by atoms with E-state index in [9.17, 15) is 9.18 Å². The maximum absolute atomic E-state index is 13.4. The van der Waals surface area contributed by atoms with E-state index >= 15 is 0 Å². The van der Waals surface area contributed by atoms with Gasteiger partial charge in [0, 0.05) is 17.8 Å². The van der Waals surface area contributed by atoms with Crippen molar-refractivity contribution in [3.8, 4) is 6.07 Å². The van der Waals surface area contributed by atoms with Gasteiger partial charge in [-0.2, -0.15) is 5.26 Å². The number of carbonyl (C=O) groups is 1. The largest absolute Gasteiger partial charge is 0.311 e. The third-order valence-electron chi connectivity index (χ3n) is 2.80. The fourth-order valence-corrected chi connectivity index (χ4v) is 1.91. The molecule has 0 radical (unpaired) electrons. The Labute approximate surface area is 93.1 Å². The Balaban J connectivity index is 2.35. The van der Waals surface area contributed by atoms with Crippen molar-refractivity contribution in [2.75, 3.05) is 11.4 Å². The maximum Gasteiger partial charge on any atom is 0.244 e. The summed E-state index contributed by atoms with van der Waals surface area (Å²) in [6, 6.07) is 6.59. The van der Waals surface area contributed by atoms with Crippen molar-refractivity contribution >= 4 is 11.6 Å². The Kier molecular flexibility index (Phi) is 2.61. The van der Waals surface area contributed by atoms with Crippen LogP contribution < -0.4 is 4.90 Å². The number of carbonyl (C=O) groups excluding carboxylic acids is 1. The summed E-state index contributed by atoms with van der Waals surface area (Å²) in [6.07, 6.45) is 0.520. The van der Waals surface area contributed by atoms with Crippen molar-refractivity contribution in [2.24, 2.45) is 5.92 Å². The Morgan fingerprint density at radius 3 is 3.06 bits per heavy atom. The lowest BCUT2D eigenvalue weighted by atomic mass is 10.1. The average Bonchev–Trinajstić information content (AvgIpc) is 2.72. The summed E-state index contributed by atoms with van der Waals surface area (Å²) in [5.74, 6) is -1.22. The van der Waals surface area contributed by atoms with Gasteiger partial charge in [-0.3, -0.25) is 4.79 Å². The molecule has 1 aliphatic heterocycles. The molecule has 82 valence electrons. The lowest BCUT2D eigenvalue weighted by Crippen LogP contribution is -2.33. The van der Waals surface area contributed by atoms with E-state index in [4.69, 9.17) is 5.26 Å². The molecule has 1 aliphatic rings. The molecule has 0 aliphatic carbocycles. The first-order chi connectivity index (χ1) is 7.65. The highest BCUT2D eigenvalue weighted by atomic mass is 19.1. The lowest BCUT2D eigenvalue weighted by Gasteiger charge is -2.18. The summed E-state index contributed by atoms with van der Waals surface area (Å²) < 4.78 is 13.4. The number of rotatable bonds is 1. The highest BCUT2D eigenvalue weighted by molar-refractivity contribution is 5.98. The fraction of sp³-hybridized carbons (Fsp3) is 0.333. The zero-order valence-electron chi connectivity index (χ0n) is 8.90. The third kappa shape index (κ3) is 1.54. The van der Waals surface area contributed by atoms with Crippen LogP contribution >= 0.6 is 0 Å². The number of halogens is 1. The molecular formula is C12H11FN2O. The molecule has 1 atom stereocenters. The standard InChI is InChI=1S/C12H11FN2O/c1-8(7-14)12(16)15-6-5-9-10(13)3-2-4-11(9)15/h2-4,8H,5-6H2,1H3. The summed E-state index contributed by atoms with van der Waals surface area (Å²) in [4.78, 5) is 13.3. The molecule has 16 heavy (non-hydrogen) atoms. The Hall–Kier alpha value is -1.89. The molecule has 0 fully saturated rings. The van der Waals surface area contributed by atoms with Crippen molar-refractivity contribution in [1.82, 2.24) is 0 Å². The predicted octanol–water partition coefficient (Wildman–Crippen LogP) is 1.87. The molecule has 1 heterocycles. The minimum Gasteiger partial charge on any atom is -0.311 e. The van der Waals surface area contributed by atoms with Crippen LogP contribution in [0, 0.1) is 23.1 Å². The van der Waals surface area contributed by atoms with E-state index in [1.54, 1.807) is 19.1 Å². The van der Waals surface area contributed by atoms with Crippen LogP contribution in [0.2, 0.25) is 0 Å². The molecule has 4 heteroatoms. The van der Waals surface area contributed by atoms with E-state index in [1.807, 2.05) is 6.07 Å². The molecule has 1 aromatic carbocycles. The van der Waals surface area contributed by atoms with Crippen LogP contribution in [0.5, 0.6) is 0 Å². The summed E-state index contributed by atoms with van der Waals surface area (Å²) in [5, 5.41) is 8.70. The van der Waals surface area contributed by atoms with Gasteiger partial charge < -0.3 is 4.90 Å². The zero-order chi connectivity index (χ0) is 11.7. The van der Waals surface area contributed by atoms with E-state index in [-0.39, 0.29) is 11.7 Å². The van der Waals surface area contributed by atoms with Gasteiger partial charge in [0.25, 0.3) is 0 Å². The molecule has 0 saturated heterocycles. The van der Waals surface area contributed by atoms with Gasteiger partial charge in [0.1, 0.15) is 11.7 Å². The SMILES string of the molecule is CC(C#N)C(=O)N1CCc2c(F)cccc21. The fourth-order valence-electron chi connectivity index (χ4n) is 1.91. The number of nitriles is 1. The smallest absolute Gasteiger partial charge is 0.244 e. The van der Waals surface area contributed by atoms with E-state index in [2.05, 4.69) is 0 Å². The Morgan fingerprint density at radius 1 is 1.62 bits per heavy atom. The van der Waals surface area contributed by atoms with Gasteiger partial charge >= 0.3 is 0 Å². The summed E-state index contributed by atoms with van der Waals surface area (Å²) in [5.41, 5.74) is 1.17. The van der Waals surface area contributed by atoms with Crippen molar-refractivity contribution in [3.63, 3.8) is 0 Å². The number of fused-ring (bicyclic) bond motifs is 1. The van der Waals surface area contributed by atoms with Crippen LogP contribution in [0.4, 0.5) is 10.1 Å². The molecule has 0 N–H and O–H groups in total. The molecule has 3 nitrogen and oxygen atoms in total. The second-order valence-electron chi connectivity index (χ2n) is 3.83. The van der Waals surface area contributed by atoms with E-state index in [0.29, 0.717) is 24.2 Å². The molecule has 1 aromatic rings. The first kappa shape index (κ1) is 10.6. The molecule has 0 saturated carbocycles. The molecule has 1 amide bonds. The Bertz CT molecular complexity index is 478. The van der Waals surface area contributed by atoms with Crippen LogP contribution in [0.1, 0.15) is 12.5 Å². The second-order valence-corrected chi connectivity index (χ2v) is 3.83. The molecule has 0 aromatic heterocycles. The zero-order valence-corrected chi connectivity index (χ0v) is 8.90. The van der Waals surface area contributed by atoms with Crippen LogP contribution in [-0.2, 0) is 11.2 Å². The van der Waals surface area contributed by atoms with Gasteiger partial charge in [-0.05, 0) is 25.5 Å². The minimum atomic E-state index is -0.686. The van der Waals surface area contributed by atoms with Crippen LogP contribution in [0.3, 0.4) is 0 Å². The van der Waals surface area contributed by atoms with Crippen LogP contribution in [0.15, 0.2) is 18.2 Å². The average molecular weight is 218 g/mol. The monoisotopic (exact) mass is 218 g/mol. The highest BCUT2D eigenvalue weighted by Crippen LogP contribution is 2.30. The quantitative estimate of drug-likeness (QED) is 0.722. The second kappa shape index (κ2) is 3.93. The minimum absolute atomic E-state index is 0.258. The van der Waals surface area contributed by atoms with Gasteiger partial charge in [0.2, 0.25) is 5.91 Å². The van der Waals surface area contributed by atoms with Gasteiger partial charge in [-0.1, -0.05) is 6.07 Å². The first-order valence-electron chi connectivity index (χ1n) is 5.13. The van der Waals surface area contributed by atoms with Crippen molar-refractivity contribution in [3.05, 3.63) is 29.6 Å². The lowest BCUT2D eigenvalue weighted by molar-refractivity contribution is -0.120. The molecule has 0 bridgehead atoms. The van der Waals surface area contributed by atoms with Crippen LogP contribution in [0.25, 0.3) is 0 Å². The van der Waals surface area contributed by atoms with Crippen molar-refractivity contribution in [1.29, 1.82) is 5.26 Å². The molecule has 1 unspecified atom stereocenters. The van der Waals surface area contributed by atoms with Gasteiger partial charge in [0.15, 0.2) is 0 Å². The maximum atomic E-state index is 13.4. The van der Waals surface area contributed by atoms with Gasteiger partial charge in [0.05, 0.1) is 6.07 Å². The first-order valence-corrected chi connectivity index (χ1v) is 5.13. The number of hydrogen-bond donors (Lipinski definition) is 0. The number of benzene rings is 1. The number of nitrogens with zero attached hydrogens (tertiary/aromatic N) is 2. The van der Waals surface area contributed by atoms with Gasteiger partial charge in [-0.25, -0.2) is 4.39 Å². The number of amides is 1. The summed E-state index contributed by atoms with van der Waals surface area (Å²) in [6.45, 7) is 2.01. The summed E-state index contributed by atoms with van der Waals surface area (Å²) in [7, 11) is 0. The topological polar surface area (TPSA) is 44.1 Å². The summed E-state index contributed by atoms with van der Waals surface area (Å²) >= 11 is 0. The van der Waals surface area contributed by atoms with Gasteiger partial charge in [-0.15, -0.1) is 0 Å². The van der Waals surface area contributed by atoms with Crippen LogP contribution in [-0.4, -0.2) is 12.5 Å².